The van der Waals surface area contributed by atoms with E-state index >= 15 is 0 Å². The first-order valence-electron chi connectivity index (χ1n) is 5.16. The maximum Gasteiger partial charge on any atom is 0.350 e. The Morgan fingerprint density at radius 1 is 1.50 bits per heavy atom. The SMILES string of the molecule is O=c1nc(NF)ccn1[C@@H]1S[C@H](CO)[C@@H](O)[C@@H]1O. The molecule has 1 aromatic heterocycles. The highest BCUT2D eigenvalue weighted by Gasteiger charge is 2.43. The molecule has 1 saturated heterocycles. The second-order valence-electron chi connectivity index (χ2n) is 3.83. The van der Waals surface area contributed by atoms with E-state index < -0.39 is 28.5 Å². The van der Waals surface area contributed by atoms with Gasteiger partial charge >= 0.3 is 5.69 Å². The highest BCUT2D eigenvalue weighted by molar-refractivity contribution is 8.00. The number of anilines is 1. The van der Waals surface area contributed by atoms with Crippen molar-refractivity contribution in [1.82, 2.24) is 9.55 Å². The van der Waals surface area contributed by atoms with Crippen molar-refractivity contribution in [3.63, 3.8) is 0 Å². The third-order valence-corrected chi connectivity index (χ3v) is 4.28. The fraction of sp³-hybridized carbons (Fsp3) is 0.556. The van der Waals surface area contributed by atoms with Crippen LogP contribution in [0, 0.1) is 0 Å². The first-order chi connectivity index (χ1) is 8.58. The minimum atomic E-state index is -1.20. The molecule has 0 unspecified atom stereocenters. The number of nitrogens with one attached hydrogen (secondary N) is 1. The number of hydrogen-bond donors (Lipinski definition) is 4. The summed E-state index contributed by atoms with van der Waals surface area (Å²) < 4.78 is 13.2. The van der Waals surface area contributed by atoms with Crippen molar-refractivity contribution in [2.45, 2.75) is 22.8 Å². The van der Waals surface area contributed by atoms with E-state index in [2.05, 4.69) is 4.98 Å². The van der Waals surface area contributed by atoms with Gasteiger partial charge in [0.2, 0.25) is 0 Å². The Kier molecular flexibility index (Phi) is 3.85. The average Bonchev–Trinajstić information content (AvgIpc) is 2.66. The summed E-state index contributed by atoms with van der Waals surface area (Å²) in [7, 11) is 0. The summed E-state index contributed by atoms with van der Waals surface area (Å²) in [5, 5.41) is 27.1. The first kappa shape index (κ1) is 13.3. The molecule has 18 heavy (non-hydrogen) atoms. The normalized spacial score (nSPS) is 31.6. The molecule has 0 saturated carbocycles. The maximum atomic E-state index is 12.1. The molecule has 1 aliphatic heterocycles. The lowest BCUT2D eigenvalue weighted by molar-refractivity contribution is 0.0101. The quantitative estimate of drug-likeness (QED) is 0.518. The molecule has 1 fully saturated rings. The topological polar surface area (TPSA) is 108 Å². The number of halogens is 1. The van der Waals surface area contributed by atoms with E-state index in [0.717, 1.165) is 16.3 Å². The van der Waals surface area contributed by atoms with Gasteiger partial charge < -0.3 is 15.3 Å². The molecule has 0 radical (unpaired) electrons. The summed E-state index contributed by atoms with van der Waals surface area (Å²) in [6.07, 6.45) is -1.06. The third-order valence-electron chi connectivity index (χ3n) is 2.72. The number of hydrogen-bond acceptors (Lipinski definition) is 7. The Bertz CT molecular complexity index is 485. The summed E-state index contributed by atoms with van der Waals surface area (Å²) in [5.74, 6) is -0.229. The van der Waals surface area contributed by atoms with Gasteiger partial charge in [-0.3, -0.25) is 4.57 Å². The number of aromatic nitrogens is 2. The zero-order valence-electron chi connectivity index (χ0n) is 9.10. The fourth-order valence-electron chi connectivity index (χ4n) is 1.77. The summed E-state index contributed by atoms with van der Waals surface area (Å²) in [6, 6.07) is 1.23. The van der Waals surface area contributed by atoms with E-state index in [1.165, 1.54) is 17.8 Å². The largest absolute Gasteiger partial charge is 0.395 e. The van der Waals surface area contributed by atoms with Crippen LogP contribution in [0.4, 0.5) is 10.3 Å². The van der Waals surface area contributed by atoms with Gasteiger partial charge in [0.1, 0.15) is 11.5 Å². The molecule has 0 aliphatic carbocycles. The Hall–Kier alpha value is -1.16. The van der Waals surface area contributed by atoms with Crippen molar-refractivity contribution >= 4 is 17.6 Å². The molecule has 9 heteroatoms. The number of thioether (sulfide) groups is 1. The Labute approximate surface area is 105 Å². The van der Waals surface area contributed by atoms with Crippen molar-refractivity contribution < 1.29 is 19.8 Å². The van der Waals surface area contributed by atoms with Gasteiger partial charge in [-0.05, 0) is 6.07 Å². The number of nitrogens with zero attached hydrogens (tertiary/aromatic N) is 2. The predicted molar refractivity (Wildman–Crippen MR) is 62.7 cm³/mol. The van der Waals surface area contributed by atoms with Gasteiger partial charge in [0.15, 0.2) is 5.82 Å². The minimum absolute atomic E-state index is 0.229. The number of rotatable bonds is 3. The van der Waals surface area contributed by atoms with Crippen LogP contribution in [0.3, 0.4) is 0 Å². The summed E-state index contributed by atoms with van der Waals surface area (Å²) in [6.45, 7) is -0.314. The minimum Gasteiger partial charge on any atom is -0.395 e. The Morgan fingerprint density at radius 3 is 2.72 bits per heavy atom. The highest BCUT2D eigenvalue weighted by Crippen LogP contribution is 2.40. The van der Waals surface area contributed by atoms with Crippen LogP contribution in [0.5, 0.6) is 0 Å². The van der Waals surface area contributed by atoms with Gasteiger partial charge in [0.25, 0.3) is 0 Å². The molecule has 7 nitrogen and oxygen atoms in total. The van der Waals surface area contributed by atoms with Crippen LogP contribution in [0.1, 0.15) is 5.37 Å². The van der Waals surface area contributed by atoms with E-state index in [1.807, 2.05) is 0 Å². The molecule has 2 heterocycles. The van der Waals surface area contributed by atoms with E-state index in [9.17, 15) is 19.5 Å². The standard InChI is InChI=1S/C9H12FN3O4S/c10-12-5-1-2-13(9(17)11-5)8-7(16)6(15)4(3-14)18-8/h1-2,4,6-8,14-16H,3H2,(H,11,12,17)/t4-,6-,7+,8-/m1/s1. The molecule has 0 amide bonds. The number of aliphatic hydroxyl groups excluding tert-OH is 3. The van der Waals surface area contributed by atoms with Crippen molar-refractivity contribution in [3.8, 4) is 0 Å². The van der Waals surface area contributed by atoms with Crippen LogP contribution in [-0.4, -0.2) is 48.9 Å². The van der Waals surface area contributed by atoms with Gasteiger partial charge in [-0.25, -0.2) is 10.3 Å². The Morgan fingerprint density at radius 2 is 2.22 bits per heavy atom. The van der Waals surface area contributed by atoms with Gasteiger partial charge in [-0.1, -0.05) is 0 Å². The second-order valence-corrected chi connectivity index (χ2v) is 5.19. The lowest BCUT2D eigenvalue weighted by Crippen LogP contribution is -2.35. The van der Waals surface area contributed by atoms with Crippen molar-refractivity contribution in [1.29, 1.82) is 0 Å². The molecular formula is C9H12FN3O4S. The third kappa shape index (κ3) is 2.21. The Balaban J connectivity index is 2.30. The van der Waals surface area contributed by atoms with Crippen LogP contribution in [0.25, 0.3) is 0 Å². The predicted octanol–water partition coefficient (Wildman–Crippen LogP) is -1.13. The van der Waals surface area contributed by atoms with Crippen LogP contribution in [-0.2, 0) is 0 Å². The average molecular weight is 277 g/mol. The molecule has 1 aliphatic rings. The molecule has 0 aromatic carbocycles. The first-order valence-corrected chi connectivity index (χ1v) is 6.11. The molecule has 0 bridgehead atoms. The van der Waals surface area contributed by atoms with Crippen LogP contribution < -0.4 is 11.2 Å². The zero-order chi connectivity index (χ0) is 13.3. The van der Waals surface area contributed by atoms with Crippen LogP contribution in [0.15, 0.2) is 17.1 Å². The van der Waals surface area contributed by atoms with Gasteiger partial charge in [0, 0.05) is 6.20 Å². The van der Waals surface area contributed by atoms with E-state index in [0.29, 0.717) is 0 Å². The lowest BCUT2D eigenvalue weighted by Gasteiger charge is -2.17. The lowest BCUT2D eigenvalue weighted by atomic mass is 10.1. The second kappa shape index (κ2) is 5.22. The molecule has 1 aromatic rings. The molecule has 4 N–H and O–H groups in total. The van der Waals surface area contributed by atoms with Gasteiger partial charge in [-0.15, -0.1) is 16.2 Å². The van der Waals surface area contributed by atoms with Gasteiger partial charge in [0.05, 0.1) is 18.0 Å². The van der Waals surface area contributed by atoms with E-state index in [4.69, 9.17) is 5.11 Å². The van der Waals surface area contributed by atoms with E-state index in [1.54, 1.807) is 0 Å². The van der Waals surface area contributed by atoms with Crippen molar-refractivity contribution in [3.05, 3.63) is 22.7 Å². The van der Waals surface area contributed by atoms with E-state index in [-0.39, 0.29) is 12.4 Å². The molecule has 100 valence electrons. The van der Waals surface area contributed by atoms with Crippen molar-refractivity contribution in [2.24, 2.45) is 0 Å². The zero-order valence-corrected chi connectivity index (χ0v) is 9.92. The summed E-state index contributed by atoms with van der Waals surface area (Å²) in [4.78, 5) is 15.0. The van der Waals surface area contributed by atoms with Crippen LogP contribution >= 0.6 is 11.8 Å². The summed E-state index contributed by atoms with van der Waals surface area (Å²) in [5.41, 5.74) is 0.492. The molecule has 0 spiro atoms. The maximum absolute atomic E-state index is 12.1. The molecule has 2 rings (SSSR count). The smallest absolute Gasteiger partial charge is 0.350 e. The van der Waals surface area contributed by atoms with Gasteiger partial charge in [-0.2, -0.15) is 4.98 Å². The fourth-order valence-corrected chi connectivity index (χ4v) is 3.15. The highest BCUT2D eigenvalue weighted by atomic mass is 32.2. The molecular weight excluding hydrogens is 265 g/mol. The summed E-state index contributed by atoms with van der Waals surface area (Å²) >= 11 is 1.07. The van der Waals surface area contributed by atoms with Crippen molar-refractivity contribution in [2.75, 3.05) is 12.1 Å². The molecule has 4 atom stereocenters. The monoisotopic (exact) mass is 277 g/mol. The van der Waals surface area contributed by atoms with Crippen LogP contribution in [0.2, 0.25) is 0 Å². The number of aliphatic hydroxyl groups is 3.